The van der Waals surface area contributed by atoms with Crippen molar-refractivity contribution in [2.24, 2.45) is 0 Å². The van der Waals surface area contributed by atoms with Gasteiger partial charge in [0.2, 0.25) is 0 Å². The maximum atomic E-state index is 5.71. The summed E-state index contributed by atoms with van der Waals surface area (Å²) in [7, 11) is 0. The number of hydrogen-bond acceptors (Lipinski definition) is 5. The lowest BCUT2D eigenvalue weighted by atomic mass is 9.75. The van der Waals surface area contributed by atoms with Crippen LogP contribution < -0.4 is 5.32 Å². The molecule has 0 atom stereocenters. The maximum Gasteiger partial charge on any atom is 0.187 e. The smallest absolute Gasteiger partial charge is 0.187 e. The third-order valence-electron chi connectivity index (χ3n) is 4.76. The van der Waals surface area contributed by atoms with Crippen LogP contribution in [0.1, 0.15) is 25.0 Å². The molecule has 0 radical (unpaired) electrons. The van der Waals surface area contributed by atoms with Crippen LogP contribution in [-0.4, -0.2) is 35.2 Å². The number of benzene rings is 1. The first kappa shape index (κ1) is 14.2. The molecule has 1 aliphatic carbocycles. The average molecular weight is 315 g/mol. The number of rotatable bonds is 4. The predicted molar refractivity (Wildman–Crippen MR) is 89.6 cm³/mol. The highest BCUT2D eigenvalue weighted by Crippen LogP contribution is 2.40. The number of nitrogens with zero attached hydrogens (tertiary/aromatic N) is 2. The van der Waals surface area contributed by atoms with Crippen molar-refractivity contribution in [3.63, 3.8) is 0 Å². The third kappa shape index (κ3) is 2.76. The van der Waals surface area contributed by atoms with Gasteiger partial charge in [-0.05, 0) is 31.4 Å². The second-order valence-corrected chi connectivity index (χ2v) is 7.05. The largest absolute Gasteiger partial charge is 0.378 e. The summed E-state index contributed by atoms with van der Waals surface area (Å²) in [6.07, 6.45) is 3.87. The quantitative estimate of drug-likeness (QED) is 0.934. The number of thiazole rings is 1. The maximum absolute atomic E-state index is 5.71. The summed E-state index contributed by atoms with van der Waals surface area (Å²) in [4.78, 5) is 7.33. The van der Waals surface area contributed by atoms with Crippen molar-refractivity contribution in [1.29, 1.82) is 0 Å². The zero-order chi connectivity index (χ0) is 14.8. The summed E-state index contributed by atoms with van der Waals surface area (Å²) in [5, 5.41) is 6.52. The van der Waals surface area contributed by atoms with Crippen LogP contribution in [0.4, 0.5) is 10.8 Å². The fraction of sp³-hybridized carbons (Fsp3) is 0.471. The molecule has 1 aromatic carbocycles. The highest BCUT2D eigenvalue weighted by molar-refractivity contribution is 7.13. The molecule has 1 saturated carbocycles. The molecule has 2 aromatic rings. The van der Waals surface area contributed by atoms with E-state index < -0.39 is 0 Å². The Balaban J connectivity index is 1.43. The van der Waals surface area contributed by atoms with Crippen molar-refractivity contribution in [1.82, 2.24) is 9.88 Å². The minimum Gasteiger partial charge on any atom is -0.378 e. The van der Waals surface area contributed by atoms with Gasteiger partial charge in [-0.25, -0.2) is 4.98 Å². The number of ether oxygens (including phenoxy) is 1. The van der Waals surface area contributed by atoms with E-state index in [9.17, 15) is 0 Å². The van der Waals surface area contributed by atoms with Gasteiger partial charge >= 0.3 is 0 Å². The van der Waals surface area contributed by atoms with Gasteiger partial charge in [0.05, 0.1) is 18.9 Å². The van der Waals surface area contributed by atoms with E-state index >= 15 is 0 Å². The molecule has 116 valence electrons. The molecule has 0 unspecified atom stereocenters. The monoisotopic (exact) mass is 315 g/mol. The minimum atomic E-state index is 0.300. The lowest BCUT2D eigenvalue weighted by Gasteiger charge is -2.52. The number of aromatic nitrogens is 1. The molecular formula is C17H21N3OS. The first-order valence-corrected chi connectivity index (χ1v) is 8.81. The van der Waals surface area contributed by atoms with E-state index in [1.807, 2.05) is 18.2 Å². The van der Waals surface area contributed by atoms with E-state index in [-0.39, 0.29) is 0 Å². The van der Waals surface area contributed by atoms with Gasteiger partial charge in [-0.2, -0.15) is 0 Å². The highest BCUT2D eigenvalue weighted by Gasteiger charge is 2.44. The first-order chi connectivity index (χ1) is 10.8. The average Bonchev–Trinajstić information content (AvgIpc) is 2.94. The van der Waals surface area contributed by atoms with Crippen LogP contribution in [0.15, 0.2) is 35.7 Å². The number of anilines is 2. The highest BCUT2D eigenvalue weighted by atomic mass is 32.1. The Labute approximate surface area is 135 Å². The molecule has 1 spiro atoms. The van der Waals surface area contributed by atoms with Crippen molar-refractivity contribution in [2.75, 3.05) is 25.1 Å². The lowest BCUT2D eigenvalue weighted by Crippen LogP contribution is -2.60. The van der Waals surface area contributed by atoms with Crippen LogP contribution in [0.3, 0.4) is 0 Å². The van der Waals surface area contributed by atoms with Crippen molar-refractivity contribution in [3.05, 3.63) is 41.4 Å². The second kappa shape index (κ2) is 5.99. The SMILES string of the molecule is c1ccc(Nc2nc(CN3CCOCC34CCC4)cs2)cc1. The Morgan fingerprint density at radius 2 is 2.14 bits per heavy atom. The summed E-state index contributed by atoms with van der Waals surface area (Å²) in [5.41, 5.74) is 2.55. The van der Waals surface area contributed by atoms with Gasteiger partial charge in [0.25, 0.3) is 0 Å². The van der Waals surface area contributed by atoms with Crippen LogP contribution >= 0.6 is 11.3 Å². The normalized spacial score (nSPS) is 20.7. The van der Waals surface area contributed by atoms with E-state index in [0.29, 0.717) is 5.54 Å². The lowest BCUT2D eigenvalue weighted by molar-refractivity contribution is -0.111. The van der Waals surface area contributed by atoms with Crippen LogP contribution in [0.2, 0.25) is 0 Å². The van der Waals surface area contributed by atoms with E-state index in [2.05, 4.69) is 27.7 Å². The summed E-state index contributed by atoms with van der Waals surface area (Å²) in [6.45, 7) is 3.71. The van der Waals surface area contributed by atoms with E-state index in [0.717, 1.165) is 42.8 Å². The fourth-order valence-electron chi connectivity index (χ4n) is 3.34. The van der Waals surface area contributed by atoms with Gasteiger partial charge in [0.1, 0.15) is 0 Å². The van der Waals surface area contributed by atoms with Gasteiger partial charge in [-0.15, -0.1) is 11.3 Å². The van der Waals surface area contributed by atoms with Crippen LogP contribution in [-0.2, 0) is 11.3 Å². The molecule has 2 heterocycles. The van der Waals surface area contributed by atoms with Gasteiger partial charge in [-0.1, -0.05) is 18.2 Å². The Kier molecular flexibility index (Phi) is 3.86. The molecule has 4 rings (SSSR count). The summed E-state index contributed by atoms with van der Waals surface area (Å²) < 4.78 is 5.71. The van der Waals surface area contributed by atoms with Crippen molar-refractivity contribution >= 4 is 22.2 Å². The van der Waals surface area contributed by atoms with Gasteiger partial charge in [0.15, 0.2) is 5.13 Å². The number of hydrogen-bond donors (Lipinski definition) is 1. The van der Waals surface area contributed by atoms with Crippen LogP contribution in [0.25, 0.3) is 0 Å². The van der Waals surface area contributed by atoms with Gasteiger partial charge in [0, 0.05) is 29.7 Å². The van der Waals surface area contributed by atoms with Gasteiger partial charge in [-0.3, -0.25) is 4.90 Å². The summed E-state index contributed by atoms with van der Waals surface area (Å²) in [6, 6.07) is 10.2. The molecule has 1 aliphatic heterocycles. The molecule has 1 saturated heterocycles. The van der Waals surface area contributed by atoms with Crippen LogP contribution in [0, 0.1) is 0 Å². The Bertz CT molecular complexity index is 624. The summed E-state index contributed by atoms with van der Waals surface area (Å²) >= 11 is 1.68. The Morgan fingerprint density at radius 1 is 1.27 bits per heavy atom. The van der Waals surface area contributed by atoms with E-state index in [1.54, 1.807) is 11.3 Å². The molecule has 0 bridgehead atoms. The van der Waals surface area contributed by atoms with E-state index in [4.69, 9.17) is 9.72 Å². The molecule has 0 amide bonds. The molecule has 4 nitrogen and oxygen atoms in total. The summed E-state index contributed by atoms with van der Waals surface area (Å²) in [5.74, 6) is 0. The van der Waals surface area contributed by atoms with Crippen molar-refractivity contribution in [3.8, 4) is 0 Å². The third-order valence-corrected chi connectivity index (χ3v) is 5.57. The standard InChI is InChI=1S/C17H21N3OS/c1-2-5-14(6-3-1)18-16-19-15(12-22-16)11-20-9-10-21-13-17(20)7-4-8-17/h1-3,5-6,12H,4,7-11,13H2,(H,18,19). The number of morpholine rings is 1. The fourth-order valence-corrected chi connectivity index (χ4v) is 4.06. The van der Waals surface area contributed by atoms with Gasteiger partial charge < -0.3 is 10.1 Å². The van der Waals surface area contributed by atoms with Crippen molar-refractivity contribution in [2.45, 2.75) is 31.3 Å². The second-order valence-electron chi connectivity index (χ2n) is 6.19. The first-order valence-electron chi connectivity index (χ1n) is 7.93. The molecular weight excluding hydrogens is 294 g/mol. The molecule has 1 aromatic heterocycles. The molecule has 2 fully saturated rings. The Morgan fingerprint density at radius 3 is 2.91 bits per heavy atom. The topological polar surface area (TPSA) is 37.4 Å². The molecule has 5 heteroatoms. The Hall–Kier alpha value is -1.43. The molecule has 2 aliphatic rings. The number of para-hydroxylation sites is 1. The molecule has 22 heavy (non-hydrogen) atoms. The minimum absolute atomic E-state index is 0.300. The van der Waals surface area contributed by atoms with Crippen LogP contribution in [0.5, 0.6) is 0 Å². The number of nitrogens with one attached hydrogen (secondary N) is 1. The molecule has 1 N–H and O–H groups in total. The predicted octanol–water partition coefficient (Wildman–Crippen LogP) is 3.64. The van der Waals surface area contributed by atoms with E-state index in [1.165, 1.54) is 19.3 Å². The zero-order valence-electron chi connectivity index (χ0n) is 12.6. The zero-order valence-corrected chi connectivity index (χ0v) is 13.4. The van der Waals surface area contributed by atoms with Crippen molar-refractivity contribution < 1.29 is 4.74 Å².